The molecule has 0 unspecified atom stereocenters. The molecule has 1 amide bonds. The van der Waals surface area contributed by atoms with Crippen LogP contribution in [0.2, 0.25) is 0 Å². The van der Waals surface area contributed by atoms with Crippen molar-refractivity contribution in [2.45, 2.75) is 13.5 Å². The Morgan fingerprint density at radius 2 is 1.84 bits per heavy atom. The van der Waals surface area contributed by atoms with Crippen LogP contribution in [0.5, 0.6) is 0 Å². The minimum absolute atomic E-state index is 0.0760. The number of carbonyl (C=O) groups excluding carboxylic acids is 1. The second-order valence-electron chi connectivity index (χ2n) is 7.64. The molecule has 0 bridgehead atoms. The summed E-state index contributed by atoms with van der Waals surface area (Å²) in [5.74, 6) is -0.709. The van der Waals surface area contributed by atoms with Crippen LogP contribution in [0.1, 0.15) is 21.5 Å². The van der Waals surface area contributed by atoms with Gasteiger partial charge in [-0.05, 0) is 43.3 Å². The van der Waals surface area contributed by atoms with Crippen LogP contribution in [0.3, 0.4) is 0 Å². The van der Waals surface area contributed by atoms with Crippen molar-refractivity contribution in [1.82, 2.24) is 20.1 Å². The number of halogens is 1. The summed E-state index contributed by atoms with van der Waals surface area (Å²) >= 11 is 0. The molecule has 0 saturated carbocycles. The van der Waals surface area contributed by atoms with Crippen molar-refractivity contribution in [1.29, 1.82) is 0 Å². The van der Waals surface area contributed by atoms with E-state index in [4.69, 9.17) is 0 Å². The summed E-state index contributed by atoms with van der Waals surface area (Å²) in [6.45, 7) is 2.06. The highest BCUT2D eigenvalue weighted by Gasteiger charge is 2.14. The van der Waals surface area contributed by atoms with Gasteiger partial charge in [0, 0.05) is 29.3 Å². The standard InChI is InChI=1S/C25H19FN4O2/c1-15-6-9-18(10-7-15)30-25(32)20-14-27-22-11-8-16(12-19(22)23(20)29-30)24(31)28-13-17-4-2-3-5-21(17)26/h2-12,14,29H,13H2,1H3,(H,28,31). The summed E-state index contributed by atoms with van der Waals surface area (Å²) in [6.07, 6.45) is 1.54. The van der Waals surface area contributed by atoms with E-state index < -0.39 is 0 Å². The fourth-order valence-corrected chi connectivity index (χ4v) is 3.69. The Balaban J connectivity index is 1.53. The van der Waals surface area contributed by atoms with Gasteiger partial charge in [-0.25, -0.2) is 9.07 Å². The zero-order valence-electron chi connectivity index (χ0n) is 17.2. The molecule has 0 aliphatic heterocycles. The molecule has 32 heavy (non-hydrogen) atoms. The molecule has 2 heterocycles. The quantitative estimate of drug-likeness (QED) is 0.451. The van der Waals surface area contributed by atoms with Gasteiger partial charge >= 0.3 is 0 Å². The Morgan fingerprint density at radius 3 is 2.62 bits per heavy atom. The number of benzene rings is 3. The van der Waals surface area contributed by atoms with Crippen LogP contribution >= 0.6 is 0 Å². The number of rotatable bonds is 4. The third-order valence-electron chi connectivity index (χ3n) is 5.48. The number of fused-ring (bicyclic) bond motifs is 3. The van der Waals surface area contributed by atoms with E-state index in [9.17, 15) is 14.0 Å². The normalized spacial score (nSPS) is 11.2. The van der Waals surface area contributed by atoms with Crippen LogP contribution in [0, 0.1) is 12.7 Å². The van der Waals surface area contributed by atoms with Crippen molar-refractivity contribution in [2.24, 2.45) is 0 Å². The highest BCUT2D eigenvalue weighted by Crippen LogP contribution is 2.22. The van der Waals surface area contributed by atoms with E-state index in [2.05, 4.69) is 15.4 Å². The van der Waals surface area contributed by atoms with Gasteiger partial charge < -0.3 is 5.32 Å². The molecule has 2 aromatic heterocycles. The minimum Gasteiger partial charge on any atom is -0.348 e. The first-order valence-corrected chi connectivity index (χ1v) is 10.1. The summed E-state index contributed by atoms with van der Waals surface area (Å²) < 4.78 is 15.3. The maximum atomic E-state index is 13.8. The molecule has 0 radical (unpaired) electrons. The fraction of sp³-hybridized carbons (Fsp3) is 0.0800. The van der Waals surface area contributed by atoms with Crippen molar-refractivity contribution in [3.8, 4) is 5.69 Å². The molecule has 2 N–H and O–H groups in total. The predicted molar refractivity (Wildman–Crippen MR) is 122 cm³/mol. The van der Waals surface area contributed by atoms with E-state index in [-0.39, 0.29) is 23.8 Å². The zero-order chi connectivity index (χ0) is 22.2. The first kappa shape index (κ1) is 19.7. The number of amides is 1. The van der Waals surface area contributed by atoms with Gasteiger partial charge in [-0.1, -0.05) is 35.9 Å². The number of nitrogens with one attached hydrogen (secondary N) is 2. The summed E-state index contributed by atoms with van der Waals surface area (Å²) in [6, 6.07) is 19.0. The molecule has 6 nitrogen and oxygen atoms in total. The molecule has 0 aliphatic rings. The molecule has 0 spiro atoms. The van der Waals surface area contributed by atoms with Gasteiger partial charge in [0.15, 0.2) is 0 Å². The van der Waals surface area contributed by atoms with E-state index in [1.54, 1.807) is 42.6 Å². The van der Waals surface area contributed by atoms with Gasteiger partial charge in [0.2, 0.25) is 0 Å². The van der Waals surface area contributed by atoms with Gasteiger partial charge in [-0.2, -0.15) is 0 Å². The van der Waals surface area contributed by atoms with Gasteiger partial charge in [-0.3, -0.25) is 19.7 Å². The largest absolute Gasteiger partial charge is 0.348 e. The van der Waals surface area contributed by atoms with E-state index in [1.165, 1.54) is 10.7 Å². The number of H-pyrrole nitrogens is 1. The van der Waals surface area contributed by atoms with Gasteiger partial charge in [0.05, 0.1) is 22.1 Å². The number of pyridine rings is 1. The van der Waals surface area contributed by atoms with E-state index in [1.807, 2.05) is 31.2 Å². The molecule has 7 heteroatoms. The lowest BCUT2D eigenvalue weighted by Crippen LogP contribution is -2.23. The minimum atomic E-state index is -0.368. The van der Waals surface area contributed by atoms with Crippen LogP contribution in [0.15, 0.2) is 77.7 Å². The SMILES string of the molecule is Cc1ccc(-n2[nH]c3c(cnc4ccc(C(=O)NCc5ccccc5F)cc43)c2=O)cc1. The molecule has 0 fully saturated rings. The Labute approximate surface area is 182 Å². The summed E-state index contributed by atoms with van der Waals surface area (Å²) in [5, 5.41) is 6.99. The van der Waals surface area contributed by atoms with Gasteiger partial charge in [0.1, 0.15) is 5.82 Å². The molecule has 0 atom stereocenters. The molecular formula is C25H19FN4O2. The molecular weight excluding hydrogens is 407 g/mol. The van der Waals surface area contributed by atoms with Crippen LogP contribution in [-0.4, -0.2) is 20.7 Å². The molecule has 3 aromatic carbocycles. The third kappa shape index (κ3) is 3.43. The van der Waals surface area contributed by atoms with Crippen LogP contribution in [0.25, 0.3) is 27.5 Å². The van der Waals surface area contributed by atoms with Crippen molar-refractivity contribution in [3.63, 3.8) is 0 Å². The third-order valence-corrected chi connectivity index (χ3v) is 5.48. The maximum Gasteiger partial charge on any atom is 0.280 e. The summed E-state index contributed by atoms with van der Waals surface area (Å²) in [5.41, 5.74) is 3.65. The average molecular weight is 426 g/mol. The fourth-order valence-electron chi connectivity index (χ4n) is 3.69. The lowest BCUT2D eigenvalue weighted by Gasteiger charge is -2.07. The maximum absolute atomic E-state index is 13.8. The summed E-state index contributed by atoms with van der Waals surface area (Å²) in [4.78, 5) is 30.0. The first-order valence-electron chi connectivity index (χ1n) is 10.1. The topological polar surface area (TPSA) is 79.8 Å². The van der Waals surface area contributed by atoms with E-state index in [0.29, 0.717) is 38.6 Å². The van der Waals surface area contributed by atoms with Crippen molar-refractivity contribution < 1.29 is 9.18 Å². The Hall–Kier alpha value is -4.26. The second-order valence-corrected chi connectivity index (χ2v) is 7.64. The number of carbonyl (C=O) groups is 1. The van der Waals surface area contributed by atoms with Crippen molar-refractivity contribution >= 4 is 27.7 Å². The van der Waals surface area contributed by atoms with E-state index >= 15 is 0 Å². The Kier molecular flexibility index (Phi) is 4.78. The van der Waals surface area contributed by atoms with Crippen LogP contribution in [-0.2, 0) is 6.54 Å². The Morgan fingerprint density at radius 1 is 1.06 bits per heavy atom. The van der Waals surface area contributed by atoms with E-state index in [0.717, 1.165) is 5.56 Å². The van der Waals surface area contributed by atoms with Crippen molar-refractivity contribution in [2.75, 3.05) is 0 Å². The van der Waals surface area contributed by atoms with Gasteiger partial charge in [-0.15, -0.1) is 0 Å². The Bertz CT molecular complexity index is 1530. The molecule has 158 valence electrons. The van der Waals surface area contributed by atoms with Crippen molar-refractivity contribution in [3.05, 3.63) is 106 Å². The first-order chi connectivity index (χ1) is 15.5. The van der Waals surface area contributed by atoms with Crippen LogP contribution < -0.4 is 10.9 Å². The summed E-state index contributed by atoms with van der Waals surface area (Å²) in [7, 11) is 0. The monoisotopic (exact) mass is 426 g/mol. The zero-order valence-corrected chi connectivity index (χ0v) is 17.2. The number of aryl methyl sites for hydroxylation is 1. The smallest absolute Gasteiger partial charge is 0.280 e. The predicted octanol–water partition coefficient (Wildman–Crippen LogP) is 4.24. The number of hydrogen-bond acceptors (Lipinski definition) is 3. The highest BCUT2D eigenvalue weighted by molar-refractivity contribution is 6.06. The molecule has 5 rings (SSSR count). The molecule has 0 aliphatic carbocycles. The average Bonchev–Trinajstić information content (AvgIpc) is 3.15. The second kappa shape index (κ2) is 7.77. The number of aromatic nitrogens is 3. The number of aromatic amines is 1. The lowest BCUT2D eigenvalue weighted by molar-refractivity contribution is 0.0950. The highest BCUT2D eigenvalue weighted by atomic mass is 19.1. The molecule has 0 saturated heterocycles. The van der Waals surface area contributed by atoms with Gasteiger partial charge in [0.25, 0.3) is 11.5 Å². The lowest BCUT2D eigenvalue weighted by atomic mass is 10.1. The number of hydrogen-bond donors (Lipinski definition) is 2. The molecule has 5 aromatic rings. The number of nitrogens with zero attached hydrogens (tertiary/aromatic N) is 2. The van der Waals surface area contributed by atoms with Crippen LogP contribution in [0.4, 0.5) is 4.39 Å².